The van der Waals surface area contributed by atoms with E-state index in [0.29, 0.717) is 0 Å². The smallest absolute Gasteiger partial charge is 0.337 e. The molecule has 15 heavy (non-hydrogen) atoms. The van der Waals surface area contributed by atoms with E-state index in [1.54, 1.807) is 0 Å². The summed E-state index contributed by atoms with van der Waals surface area (Å²) in [7, 11) is 1.19. The number of carbonyl (C=O) groups excluding carboxylic acids is 1. The summed E-state index contributed by atoms with van der Waals surface area (Å²) in [5.41, 5.74) is -0.510. The molecule has 0 aliphatic rings. The third-order valence-electron chi connectivity index (χ3n) is 1.76. The van der Waals surface area contributed by atoms with Crippen LogP contribution >= 0.6 is 0 Å². The van der Waals surface area contributed by atoms with E-state index in [4.69, 9.17) is 5.11 Å². The van der Waals surface area contributed by atoms with Gasteiger partial charge >= 0.3 is 11.9 Å². The van der Waals surface area contributed by atoms with Gasteiger partial charge < -0.3 is 14.4 Å². The molecular weight excluding hydrogens is 202 g/mol. The topological polar surface area (TPSA) is 85.6 Å². The molecule has 6 heteroatoms. The SMILES string of the molecule is COC(=O)Cn1cc(C(=O)O)ccc1=O. The quantitative estimate of drug-likeness (QED) is 0.695. The first-order chi connectivity index (χ1) is 7.04. The van der Waals surface area contributed by atoms with Crippen molar-refractivity contribution in [3.8, 4) is 0 Å². The molecule has 1 heterocycles. The maximum atomic E-state index is 11.2. The van der Waals surface area contributed by atoms with Crippen molar-refractivity contribution < 1.29 is 19.4 Å². The number of carbonyl (C=O) groups is 2. The predicted molar refractivity (Wildman–Crippen MR) is 49.7 cm³/mol. The Bertz CT molecular complexity index is 448. The molecule has 0 bridgehead atoms. The van der Waals surface area contributed by atoms with Crippen molar-refractivity contribution in [2.75, 3.05) is 7.11 Å². The monoisotopic (exact) mass is 211 g/mol. The zero-order valence-corrected chi connectivity index (χ0v) is 7.97. The van der Waals surface area contributed by atoms with Gasteiger partial charge in [0.2, 0.25) is 0 Å². The van der Waals surface area contributed by atoms with Gasteiger partial charge in [-0.05, 0) is 6.07 Å². The molecule has 1 N–H and O–H groups in total. The van der Waals surface area contributed by atoms with E-state index < -0.39 is 17.5 Å². The van der Waals surface area contributed by atoms with Crippen LogP contribution in [0.15, 0.2) is 23.1 Å². The van der Waals surface area contributed by atoms with Gasteiger partial charge in [0.05, 0.1) is 12.7 Å². The molecule has 1 aromatic rings. The van der Waals surface area contributed by atoms with Crippen molar-refractivity contribution in [3.05, 3.63) is 34.2 Å². The minimum absolute atomic E-state index is 0.0569. The van der Waals surface area contributed by atoms with E-state index in [1.165, 1.54) is 13.2 Å². The number of aromatic nitrogens is 1. The van der Waals surface area contributed by atoms with Crippen LogP contribution in [0, 0.1) is 0 Å². The largest absolute Gasteiger partial charge is 0.478 e. The normalized spacial score (nSPS) is 9.67. The summed E-state index contributed by atoms with van der Waals surface area (Å²) in [6.07, 6.45) is 1.10. The third-order valence-corrected chi connectivity index (χ3v) is 1.76. The number of carboxylic acid groups (broad SMARTS) is 1. The molecule has 0 aliphatic heterocycles. The lowest BCUT2D eigenvalue weighted by Gasteiger charge is -2.04. The van der Waals surface area contributed by atoms with E-state index in [9.17, 15) is 14.4 Å². The Kier molecular flexibility index (Phi) is 3.22. The minimum Gasteiger partial charge on any atom is -0.478 e. The van der Waals surface area contributed by atoms with Crippen molar-refractivity contribution in [3.63, 3.8) is 0 Å². The zero-order valence-electron chi connectivity index (χ0n) is 7.97. The first-order valence-electron chi connectivity index (χ1n) is 4.05. The predicted octanol–water partition coefficient (Wildman–Crippen LogP) is -0.281. The van der Waals surface area contributed by atoms with Crippen LogP contribution in [0.1, 0.15) is 10.4 Å². The number of pyridine rings is 1. The van der Waals surface area contributed by atoms with Gasteiger partial charge in [0.1, 0.15) is 6.54 Å². The second-order valence-corrected chi connectivity index (χ2v) is 2.77. The zero-order chi connectivity index (χ0) is 11.4. The number of aromatic carboxylic acids is 1. The summed E-state index contributed by atoms with van der Waals surface area (Å²) >= 11 is 0. The van der Waals surface area contributed by atoms with Gasteiger partial charge in [-0.15, -0.1) is 0 Å². The summed E-state index contributed by atoms with van der Waals surface area (Å²) in [4.78, 5) is 32.7. The number of carboxylic acids is 1. The lowest BCUT2D eigenvalue weighted by atomic mass is 10.3. The Labute approximate surface area is 84.7 Å². The van der Waals surface area contributed by atoms with Crippen molar-refractivity contribution in [1.29, 1.82) is 0 Å². The molecule has 0 saturated carbocycles. The molecule has 0 aliphatic carbocycles. The highest BCUT2D eigenvalue weighted by Crippen LogP contribution is 1.95. The van der Waals surface area contributed by atoms with Gasteiger partial charge in [0.15, 0.2) is 0 Å². The second kappa shape index (κ2) is 4.41. The number of nitrogens with zero attached hydrogens (tertiary/aromatic N) is 1. The summed E-state index contributed by atoms with van der Waals surface area (Å²) in [5.74, 6) is -1.77. The maximum absolute atomic E-state index is 11.2. The molecule has 1 aromatic heterocycles. The molecule has 1 rings (SSSR count). The number of esters is 1. The van der Waals surface area contributed by atoms with Crippen LogP contribution in [-0.4, -0.2) is 28.7 Å². The van der Waals surface area contributed by atoms with Crippen molar-refractivity contribution in [1.82, 2.24) is 4.57 Å². The van der Waals surface area contributed by atoms with Gasteiger partial charge in [0, 0.05) is 12.3 Å². The highest BCUT2D eigenvalue weighted by atomic mass is 16.5. The van der Waals surface area contributed by atoms with E-state index >= 15 is 0 Å². The maximum Gasteiger partial charge on any atom is 0.337 e. The number of hydrogen-bond donors (Lipinski definition) is 1. The van der Waals surface area contributed by atoms with Gasteiger partial charge in [0.25, 0.3) is 5.56 Å². The summed E-state index contributed by atoms with van der Waals surface area (Å²) in [6.45, 7) is -0.295. The highest BCUT2D eigenvalue weighted by Gasteiger charge is 2.08. The van der Waals surface area contributed by atoms with Gasteiger partial charge in [-0.1, -0.05) is 0 Å². The van der Waals surface area contributed by atoms with Crippen LogP contribution in [-0.2, 0) is 16.1 Å². The van der Waals surface area contributed by atoms with Crippen LogP contribution in [0.3, 0.4) is 0 Å². The van der Waals surface area contributed by atoms with Crippen LogP contribution in [0.4, 0.5) is 0 Å². The molecule has 80 valence electrons. The van der Waals surface area contributed by atoms with Crippen LogP contribution in [0.2, 0.25) is 0 Å². The Morgan fingerprint density at radius 3 is 2.67 bits per heavy atom. The average Bonchev–Trinajstić information content (AvgIpc) is 2.20. The van der Waals surface area contributed by atoms with E-state index in [2.05, 4.69) is 4.74 Å². The fraction of sp³-hybridized carbons (Fsp3) is 0.222. The Morgan fingerprint density at radius 2 is 2.13 bits per heavy atom. The second-order valence-electron chi connectivity index (χ2n) is 2.77. The van der Waals surface area contributed by atoms with Crippen molar-refractivity contribution >= 4 is 11.9 Å². The third kappa shape index (κ3) is 2.67. The molecule has 0 aromatic carbocycles. The molecule has 0 saturated heterocycles. The minimum atomic E-state index is -1.16. The lowest BCUT2D eigenvalue weighted by Crippen LogP contribution is -2.24. The molecular formula is C9H9NO5. The first-order valence-corrected chi connectivity index (χ1v) is 4.05. The van der Waals surface area contributed by atoms with Gasteiger partial charge in [-0.25, -0.2) is 4.79 Å². The summed E-state index contributed by atoms with van der Waals surface area (Å²) in [5, 5.41) is 8.66. The summed E-state index contributed by atoms with van der Waals surface area (Å²) in [6, 6.07) is 2.27. The standard InChI is InChI=1S/C9H9NO5/c1-15-8(12)5-10-4-6(9(13)14)2-3-7(10)11/h2-4H,5H2,1H3,(H,13,14). The number of ether oxygens (including phenoxy) is 1. The highest BCUT2D eigenvalue weighted by molar-refractivity contribution is 5.87. The van der Waals surface area contributed by atoms with E-state index in [1.807, 2.05) is 0 Å². The van der Waals surface area contributed by atoms with Crippen LogP contribution in [0.5, 0.6) is 0 Å². The lowest BCUT2D eigenvalue weighted by molar-refractivity contribution is -0.141. The van der Waals surface area contributed by atoms with E-state index in [0.717, 1.165) is 16.8 Å². The summed E-state index contributed by atoms with van der Waals surface area (Å²) < 4.78 is 5.34. The van der Waals surface area contributed by atoms with Crippen molar-refractivity contribution in [2.24, 2.45) is 0 Å². The van der Waals surface area contributed by atoms with E-state index in [-0.39, 0.29) is 12.1 Å². The first kappa shape index (κ1) is 11.0. The molecule has 0 unspecified atom stereocenters. The van der Waals surface area contributed by atoms with Gasteiger partial charge in [-0.3, -0.25) is 9.59 Å². The Morgan fingerprint density at radius 1 is 1.47 bits per heavy atom. The molecule has 0 spiro atoms. The average molecular weight is 211 g/mol. The molecule has 0 fully saturated rings. The fourth-order valence-corrected chi connectivity index (χ4v) is 0.985. The number of methoxy groups -OCH3 is 1. The molecule has 0 amide bonds. The van der Waals surface area contributed by atoms with Crippen molar-refractivity contribution in [2.45, 2.75) is 6.54 Å². The molecule has 0 radical (unpaired) electrons. The van der Waals surface area contributed by atoms with Crippen LogP contribution in [0.25, 0.3) is 0 Å². The Balaban J connectivity index is 3.06. The molecule has 6 nitrogen and oxygen atoms in total. The van der Waals surface area contributed by atoms with Gasteiger partial charge in [-0.2, -0.15) is 0 Å². The fourth-order valence-electron chi connectivity index (χ4n) is 0.985. The Hall–Kier alpha value is -2.11. The number of hydrogen-bond acceptors (Lipinski definition) is 4. The molecule has 0 atom stereocenters. The number of rotatable bonds is 3. The van der Waals surface area contributed by atoms with Crippen LogP contribution < -0.4 is 5.56 Å².